The molecule has 0 bridgehead atoms. The zero-order chi connectivity index (χ0) is 17.8. The van der Waals surface area contributed by atoms with E-state index < -0.39 is 11.6 Å². The molecule has 0 aliphatic heterocycles. The largest absolute Gasteiger partial charge is 0.326 e. The fourth-order valence-electron chi connectivity index (χ4n) is 2.82. The molecule has 0 heterocycles. The van der Waals surface area contributed by atoms with E-state index >= 15 is 0 Å². The molecule has 0 saturated carbocycles. The normalized spacial score (nSPS) is 12.1. The van der Waals surface area contributed by atoms with Gasteiger partial charge in [0.2, 0.25) is 0 Å². The molecule has 1 amide bonds. The second-order valence-electron chi connectivity index (χ2n) is 6.16. The number of likely N-dealkylation sites (N-methyl/N-ethyl adjacent to an activating group) is 1. The molecule has 0 aromatic heterocycles. The molecule has 3 rings (SSSR count). The van der Waals surface area contributed by atoms with Gasteiger partial charge in [-0.25, -0.2) is 8.78 Å². The second-order valence-corrected chi connectivity index (χ2v) is 6.16. The van der Waals surface area contributed by atoms with Gasteiger partial charge in [0.1, 0.15) is 18.2 Å². The van der Waals surface area contributed by atoms with Crippen molar-refractivity contribution in [3.63, 3.8) is 0 Å². The van der Waals surface area contributed by atoms with Crippen LogP contribution in [0.15, 0.2) is 60.7 Å². The maximum atomic E-state index is 13.6. The van der Waals surface area contributed by atoms with E-state index in [0.717, 1.165) is 28.0 Å². The lowest BCUT2D eigenvalue weighted by molar-refractivity contribution is -0.885. The summed E-state index contributed by atoms with van der Waals surface area (Å²) in [6.45, 7) is 0.855. The number of hydrogen-bond acceptors (Lipinski definition) is 1. The van der Waals surface area contributed by atoms with Crippen LogP contribution in [0.4, 0.5) is 14.5 Å². The van der Waals surface area contributed by atoms with Crippen LogP contribution in [0.3, 0.4) is 0 Å². The lowest BCUT2D eigenvalue weighted by Gasteiger charge is -2.14. The number of benzene rings is 3. The third-order valence-electron chi connectivity index (χ3n) is 3.99. The van der Waals surface area contributed by atoms with Gasteiger partial charge >= 0.3 is 0 Å². The van der Waals surface area contributed by atoms with Crippen molar-refractivity contribution in [3.05, 3.63) is 77.9 Å². The van der Waals surface area contributed by atoms with E-state index in [2.05, 4.69) is 29.6 Å². The number of halogens is 2. The summed E-state index contributed by atoms with van der Waals surface area (Å²) < 4.78 is 26.5. The van der Waals surface area contributed by atoms with E-state index in [1.807, 2.05) is 25.2 Å². The Bertz CT molecular complexity index is 911. The van der Waals surface area contributed by atoms with Crippen LogP contribution in [-0.4, -0.2) is 19.5 Å². The average molecular weight is 341 g/mol. The number of nitrogens with one attached hydrogen (secondary N) is 2. The molecule has 2 N–H and O–H groups in total. The first-order chi connectivity index (χ1) is 12.0. The van der Waals surface area contributed by atoms with E-state index in [-0.39, 0.29) is 18.1 Å². The van der Waals surface area contributed by atoms with Gasteiger partial charge in [-0.3, -0.25) is 4.79 Å². The van der Waals surface area contributed by atoms with Gasteiger partial charge in [0, 0.05) is 11.6 Å². The number of hydrogen-bond donors (Lipinski definition) is 2. The molecule has 3 aromatic rings. The predicted octanol–water partition coefficient (Wildman–Crippen LogP) is 2.77. The second kappa shape index (κ2) is 7.40. The number of carbonyl (C=O) groups is 1. The maximum absolute atomic E-state index is 13.6. The van der Waals surface area contributed by atoms with Gasteiger partial charge in [0.05, 0.1) is 12.7 Å². The summed E-state index contributed by atoms with van der Waals surface area (Å²) in [6.07, 6.45) is 0. The zero-order valence-corrected chi connectivity index (χ0v) is 13.9. The average Bonchev–Trinajstić information content (AvgIpc) is 2.57. The Labute approximate surface area is 144 Å². The van der Waals surface area contributed by atoms with E-state index in [4.69, 9.17) is 0 Å². The van der Waals surface area contributed by atoms with Crippen molar-refractivity contribution < 1.29 is 18.5 Å². The van der Waals surface area contributed by atoms with Gasteiger partial charge in [-0.2, -0.15) is 0 Å². The van der Waals surface area contributed by atoms with Crippen molar-refractivity contribution in [1.82, 2.24) is 0 Å². The molecule has 128 valence electrons. The Hall–Kier alpha value is -2.79. The van der Waals surface area contributed by atoms with Gasteiger partial charge < -0.3 is 10.2 Å². The number of quaternary nitrogens is 1. The molecule has 1 atom stereocenters. The fourth-order valence-corrected chi connectivity index (χ4v) is 2.82. The Morgan fingerprint density at radius 3 is 2.52 bits per heavy atom. The van der Waals surface area contributed by atoms with Crippen molar-refractivity contribution >= 4 is 22.4 Å². The van der Waals surface area contributed by atoms with Crippen LogP contribution in [0.1, 0.15) is 5.56 Å². The Morgan fingerprint density at radius 1 is 1.00 bits per heavy atom. The minimum Gasteiger partial charge on any atom is -0.326 e. The van der Waals surface area contributed by atoms with E-state index in [1.165, 1.54) is 11.5 Å². The molecular weight excluding hydrogens is 322 g/mol. The SMILES string of the molecule is C[NH+](CC(=O)Nc1ccc(F)cc1F)Cc1ccc2ccccc2c1. The third kappa shape index (κ3) is 4.39. The van der Waals surface area contributed by atoms with Gasteiger partial charge in [0.25, 0.3) is 5.91 Å². The van der Waals surface area contributed by atoms with Crippen LogP contribution in [0.25, 0.3) is 10.8 Å². The quantitative estimate of drug-likeness (QED) is 0.735. The van der Waals surface area contributed by atoms with E-state index in [0.29, 0.717) is 6.54 Å². The molecule has 0 fully saturated rings. The van der Waals surface area contributed by atoms with Crippen molar-refractivity contribution in [2.75, 3.05) is 18.9 Å². The van der Waals surface area contributed by atoms with Crippen LogP contribution >= 0.6 is 0 Å². The first-order valence-corrected chi connectivity index (χ1v) is 8.05. The smallest absolute Gasteiger partial charge is 0.279 e. The summed E-state index contributed by atoms with van der Waals surface area (Å²) in [4.78, 5) is 13.0. The first kappa shape index (κ1) is 17.0. The molecule has 25 heavy (non-hydrogen) atoms. The van der Waals surface area contributed by atoms with Gasteiger partial charge in [-0.05, 0) is 29.0 Å². The molecule has 3 nitrogen and oxygen atoms in total. The number of anilines is 1. The van der Waals surface area contributed by atoms with Crippen LogP contribution in [-0.2, 0) is 11.3 Å². The van der Waals surface area contributed by atoms with Gasteiger partial charge in [-0.15, -0.1) is 0 Å². The monoisotopic (exact) mass is 341 g/mol. The van der Waals surface area contributed by atoms with E-state index in [1.54, 1.807) is 0 Å². The highest BCUT2D eigenvalue weighted by Gasteiger charge is 2.13. The number of carbonyl (C=O) groups excluding carboxylic acids is 1. The fraction of sp³-hybridized carbons (Fsp3) is 0.150. The third-order valence-corrected chi connectivity index (χ3v) is 3.99. The van der Waals surface area contributed by atoms with Crippen molar-refractivity contribution in [3.8, 4) is 0 Å². The van der Waals surface area contributed by atoms with Crippen LogP contribution < -0.4 is 10.2 Å². The molecule has 1 unspecified atom stereocenters. The lowest BCUT2D eigenvalue weighted by atomic mass is 10.1. The van der Waals surface area contributed by atoms with Crippen molar-refractivity contribution in [1.29, 1.82) is 0 Å². The highest BCUT2D eigenvalue weighted by atomic mass is 19.1. The van der Waals surface area contributed by atoms with Crippen molar-refractivity contribution in [2.24, 2.45) is 0 Å². The molecular formula is C20H19F2N2O+. The Kier molecular flexibility index (Phi) is 5.05. The molecule has 0 radical (unpaired) electrons. The zero-order valence-electron chi connectivity index (χ0n) is 13.9. The Balaban J connectivity index is 1.60. The number of fused-ring (bicyclic) bond motifs is 1. The van der Waals surface area contributed by atoms with E-state index in [9.17, 15) is 13.6 Å². The summed E-state index contributed by atoms with van der Waals surface area (Å²) in [5.74, 6) is -1.76. The molecule has 0 aliphatic carbocycles. The number of amides is 1. The standard InChI is InChI=1S/C20H18F2N2O/c1-24(12-14-6-7-15-4-2-3-5-16(15)10-14)13-20(25)23-19-9-8-17(21)11-18(19)22/h2-11H,12-13H2,1H3,(H,23,25)/p+1. The summed E-state index contributed by atoms with van der Waals surface area (Å²) in [5.41, 5.74) is 1.11. The maximum Gasteiger partial charge on any atom is 0.279 e. The number of rotatable bonds is 5. The lowest BCUT2D eigenvalue weighted by Crippen LogP contribution is -3.08. The van der Waals surface area contributed by atoms with Crippen molar-refractivity contribution in [2.45, 2.75) is 6.54 Å². The van der Waals surface area contributed by atoms with Gasteiger partial charge in [-0.1, -0.05) is 36.4 Å². The van der Waals surface area contributed by atoms with Crippen LogP contribution in [0, 0.1) is 11.6 Å². The first-order valence-electron chi connectivity index (χ1n) is 8.05. The highest BCUT2D eigenvalue weighted by Crippen LogP contribution is 2.15. The molecule has 0 saturated heterocycles. The van der Waals surface area contributed by atoms with Crippen LogP contribution in [0.5, 0.6) is 0 Å². The van der Waals surface area contributed by atoms with Gasteiger partial charge in [0.15, 0.2) is 6.54 Å². The molecule has 0 spiro atoms. The molecule has 0 aliphatic rings. The minimum atomic E-state index is -0.777. The molecule has 3 aromatic carbocycles. The summed E-state index contributed by atoms with van der Waals surface area (Å²) in [5, 5.41) is 4.81. The summed E-state index contributed by atoms with van der Waals surface area (Å²) in [6, 6.07) is 17.4. The highest BCUT2D eigenvalue weighted by molar-refractivity contribution is 5.91. The minimum absolute atomic E-state index is 0.00935. The summed E-state index contributed by atoms with van der Waals surface area (Å²) >= 11 is 0. The summed E-state index contributed by atoms with van der Waals surface area (Å²) in [7, 11) is 1.90. The Morgan fingerprint density at radius 2 is 1.76 bits per heavy atom. The predicted molar refractivity (Wildman–Crippen MR) is 94.4 cm³/mol. The molecule has 5 heteroatoms. The van der Waals surface area contributed by atoms with Crippen LogP contribution in [0.2, 0.25) is 0 Å². The topological polar surface area (TPSA) is 33.5 Å².